The van der Waals surface area contributed by atoms with E-state index >= 15 is 0 Å². The molecule has 0 aliphatic rings. The van der Waals surface area contributed by atoms with Gasteiger partial charge in [0, 0.05) is 6.07 Å². The molecular formula is C20H22N2O3S. The summed E-state index contributed by atoms with van der Waals surface area (Å²) < 4.78 is 11.7. The second-order valence-corrected chi connectivity index (χ2v) is 7.10. The molecule has 1 heterocycles. The van der Waals surface area contributed by atoms with Gasteiger partial charge in [-0.25, -0.2) is 4.98 Å². The van der Waals surface area contributed by atoms with Crippen molar-refractivity contribution in [2.24, 2.45) is 0 Å². The number of benzene rings is 2. The summed E-state index contributed by atoms with van der Waals surface area (Å²) >= 11 is 1.48. The van der Waals surface area contributed by atoms with Crippen LogP contribution in [0, 0.1) is 0 Å². The van der Waals surface area contributed by atoms with Crippen LogP contribution in [0.5, 0.6) is 11.5 Å². The molecule has 26 heavy (non-hydrogen) atoms. The highest BCUT2D eigenvalue weighted by atomic mass is 32.1. The Bertz CT molecular complexity index is 907. The molecule has 0 aliphatic carbocycles. The van der Waals surface area contributed by atoms with Crippen LogP contribution in [0.15, 0.2) is 42.5 Å². The van der Waals surface area contributed by atoms with Crippen molar-refractivity contribution >= 4 is 32.6 Å². The van der Waals surface area contributed by atoms with Gasteiger partial charge in [0.1, 0.15) is 11.5 Å². The molecule has 1 aromatic heterocycles. The van der Waals surface area contributed by atoms with Gasteiger partial charge in [-0.05, 0) is 42.2 Å². The Morgan fingerprint density at radius 3 is 2.81 bits per heavy atom. The van der Waals surface area contributed by atoms with Crippen LogP contribution in [0.2, 0.25) is 0 Å². The number of anilines is 1. The molecule has 2 aromatic carbocycles. The van der Waals surface area contributed by atoms with Crippen molar-refractivity contribution in [3.8, 4) is 11.5 Å². The monoisotopic (exact) mass is 370 g/mol. The van der Waals surface area contributed by atoms with E-state index in [0.29, 0.717) is 22.5 Å². The number of carbonyl (C=O) groups is 1. The van der Waals surface area contributed by atoms with Crippen molar-refractivity contribution in [1.29, 1.82) is 0 Å². The fraction of sp³-hybridized carbons (Fsp3) is 0.300. The zero-order valence-electron chi connectivity index (χ0n) is 15.1. The van der Waals surface area contributed by atoms with Crippen LogP contribution in [-0.4, -0.2) is 24.6 Å². The second kappa shape index (κ2) is 8.19. The van der Waals surface area contributed by atoms with Crippen molar-refractivity contribution in [2.75, 3.05) is 19.0 Å². The SMILES string of the molecule is CCC(C)c1ccc2nc(NC(=O)COc3cccc(OC)c3)sc2c1. The first-order chi connectivity index (χ1) is 12.6. The molecule has 6 heteroatoms. The van der Waals surface area contributed by atoms with E-state index in [1.807, 2.05) is 18.2 Å². The molecule has 1 N–H and O–H groups in total. The van der Waals surface area contributed by atoms with E-state index < -0.39 is 0 Å². The number of amides is 1. The second-order valence-electron chi connectivity index (χ2n) is 6.07. The van der Waals surface area contributed by atoms with Crippen LogP contribution in [0.3, 0.4) is 0 Å². The number of thiazole rings is 1. The number of methoxy groups -OCH3 is 1. The number of ether oxygens (including phenoxy) is 2. The molecular weight excluding hydrogens is 348 g/mol. The zero-order chi connectivity index (χ0) is 18.5. The van der Waals surface area contributed by atoms with Gasteiger partial charge in [0.25, 0.3) is 5.91 Å². The highest BCUT2D eigenvalue weighted by Crippen LogP contribution is 2.30. The van der Waals surface area contributed by atoms with Gasteiger partial charge >= 0.3 is 0 Å². The molecule has 5 nitrogen and oxygen atoms in total. The molecule has 136 valence electrons. The molecule has 0 aliphatic heterocycles. The summed E-state index contributed by atoms with van der Waals surface area (Å²) in [5.41, 5.74) is 2.19. The number of hydrogen-bond acceptors (Lipinski definition) is 5. The predicted molar refractivity (Wildman–Crippen MR) is 105 cm³/mol. The molecule has 0 saturated heterocycles. The fourth-order valence-corrected chi connectivity index (χ4v) is 3.46. The van der Waals surface area contributed by atoms with E-state index in [1.54, 1.807) is 19.2 Å². The minimum absolute atomic E-state index is 0.0821. The summed E-state index contributed by atoms with van der Waals surface area (Å²) in [6, 6.07) is 13.4. The van der Waals surface area contributed by atoms with Gasteiger partial charge in [-0.2, -0.15) is 0 Å². The quantitative estimate of drug-likeness (QED) is 0.647. The lowest BCUT2D eigenvalue weighted by atomic mass is 9.99. The third kappa shape index (κ3) is 4.32. The minimum Gasteiger partial charge on any atom is -0.497 e. The number of nitrogens with one attached hydrogen (secondary N) is 1. The summed E-state index contributed by atoms with van der Waals surface area (Å²) in [4.78, 5) is 16.6. The normalized spacial score (nSPS) is 12.0. The van der Waals surface area contributed by atoms with Crippen LogP contribution >= 0.6 is 11.3 Å². The first-order valence-corrected chi connectivity index (χ1v) is 9.38. The van der Waals surface area contributed by atoms with E-state index in [9.17, 15) is 4.79 Å². The maximum atomic E-state index is 12.1. The van der Waals surface area contributed by atoms with Crippen LogP contribution < -0.4 is 14.8 Å². The number of aromatic nitrogens is 1. The van der Waals surface area contributed by atoms with E-state index in [2.05, 4.69) is 36.3 Å². The van der Waals surface area contributed by atoms with Gasteiger partial charge in [0.2, 0.25) is 0 Å². The van der Waals surface area contributed by atoms with Crippen LogP contribution in [0.1, 0.15) is 31.7 Å². The van der Waals surface area contributed by atoms with Crippen molar-refractivity contribution in [2.45, 2.75) is 26.2 Å². The number of hydrogen-bond donors (Lipinski definition) is 1. The summed E-state index contributed by atoms with van der Waals surface area (Å²) in [7, 11) is 1.59. The molecule has 0 bridgehead atoms. The molecule has 1 amide bonds. The first-order valence-electron chi connectivity index (χ1n) is 8.56. The Kier molecular flexibility index (Phi) is 5.73. The average Bonchev–Trinajstić information content (AvgIpc) is 3.07. The molecule has 1 unspecified atom stereocenters. The summed E-state index contributed by atoms with van der Waals surface area (Å²) in [5, 5.41) is 3.39. The van der Waals surface area contributed by atoms with Crippen LogP contribution in [0.25, 0.3) is 10.2 Å². The van der Waals surface area contributed by atoms with Crippen molar-refractivity contribution in [3.05, 3.63) is 48.0 Å². The standard InChI is InChI=1S/C20H22N2O3S/c1-4-13(2)14-8-9-17-18(10-14)26-20(21-17)22-19(23)12-25-16-7-5-6-15(11-16)24-3/h5-11,13H,4,12H2,1-3H3,(H,21,22,23). The Morgan fingerprint density at radius 1 is 1.23 bits per heavy atom. The third-order valence-corrected chi connectivity index (χ3v) is 5.18. The van der Waals surface area contributed by atoms with Gasteiger partial charge < -0.3 is 9.47 Å². The Morgan fingerprint density at radius 2 is 2.04 bits per heavy atom. The van der Waals surface area contributed by atoms with E-state index in [1.165, 1.54) is 16.9 Å². The predicted octanol–water partition coefficient (Wildman–Crippen LogP) is 4.84. The number of fused-ring (bicyclic) bond motifs is 1. The highest BCUT2D eigenvalue weighted by molar-refractivity contribution is 7.22. The molecule has 0 spiro atoms. The van der Waals surface area contributed by atoms with E-state index in [0.717, 1.165) is 16.6 Å². The van der Waals surface area contributed by atoms with Crippen molar-refractivity contribution in [1.82, 2.24) is 4.98 Å². The van der Waals surface area contributed by atoms with E-state index in [4.69, 9.17) is 9.47 Å². The summed E-state index contributed by atoms with van der Waals surface area (Å²) in [6.45, 7) is 4.30. The maximum Gasteiger partial charge on any atom is 0.264 e. The number of carbonyl (C=O) groups excluding carboxylic acids is 1. The average molecular weight is 370 g/mol. The number of nitrogens with zero attached hydrogens (tertiary/aromatic N) is 1. The molecule has 3 aromatic rings. The Balaban J connectivity index is 1.63. The minimum atomic E-state index is -0.242. The number of rotatable bonds is 7. The molecule has 3 rings (SSSR count). The molecule has 0 saturated carbocycles. The molecule has 0 fully saturated rings. The highest BCUT2D eigenvalue weighted by Gasteiger charge is 2.11. The molecule has 1 atom stereocenters. The summed E-state index contributed by atoms with van der Waals surface area (Å²) in [5.74, 6) is 1.54. The third-order valence-electron chi connectivity index (χ3n) is 4.25. The van der Waals surface area contributed by atoms with Crippen molar-refractivity contribution in [3.63, 3.8) is 0 Å². The van der Waals surface area contributed by atoms with Gasteiger partial charge in [0.05, 0.1) is 17.3 Å². The molecule has 0 radical (unpaired) electrons. The van der Waals surface area contributed by atoms with Gasteiger partial charge in [-0.1, -0.05) is 37.3 Å². The lowest BCUT2D eigenvalue weighted by Crippen LogP contribution is -2.19. The van der Waals surface area contributed by atoms with Crippen LogP contribution in [0.4, 0.5) is 5.13 Å². The largest absolute Gasteiger partial charge is 0.497 e. The van der Waals surface area contributed by atoms with Gasteiger partial charge in [0.15, 0.2) is 11.7 Å². The van der Waals surface area contributed by atoms with Crippen LogP contribution in [-0.2, 0) is 4.79 Å². The van der Waals surface area contributed by atoms with Gasteiger partial charge in [-0.15, -0.1) is 0 Å². The summed E-state index contributed by atoms with van der Waals surface area (Å²) in [6.07, 6.45) is 1.09. The Labute approximate surface area is 157 Å². The topological polar surface area (TPSA) is 60.5 Å². The lowest BCUT2D eigenvalue weighted by Gasteiger charge is -2.07. The fourth-order valence-electron chi connectivity index (χ4n) is 2.53. The van der Waals surface area contributed by atoms with Gasteiger partial charge in [-0.3, -0.25) is 10.1 Å². The zero-order valence-corrected chi connectivity index (χ0v) is 15.9. The maximum absolute atomic E-state index is 12.1. The van der Waals surface area contributed by atoms with Crippen molar-refractivity contribution < 1.29 is 14.3 Å². The lowest BCUT2D eigenvalue weighted by molar-refractivity contribution is -0.118. The van der Waals surface area contributed by atoms with E-state index in [-0.39, 0.29) is 12.5 Å². The smallest absolute Gasteiger partial charge is 0.264 e. The first kappa shape index (κ1) is 18.2. The Hall–Kier alpha value is -2.60.